The highest BCUT2D eigenvalue weighted by Crippen LogP contribution is 2.27. The van der Waals surface area contributed by atoms with Crippen LogP contribution >= 0.6 is 0 Å². The summed E-state index contributed by atoms with van der Waals surface area (Å²) >= 11 is 0. The minimum atomic E-state index is -3.75. The van der Waals surface area contributed by atoms with E-state index in [2.05, 4.69) is 10.4 Å². The Bertz CT molecular complexity index is 1180. The Morgan fingerprint density at radius 1 is 1.00 bits per heavy atom. The number of carbonyl (C=O) groups is 2. The van der Waals surface area contributed by atoms with Gasteiger partial charge < -0.3 is 5.32 Å². The number of hydrogen-bond acceptors (Lipinski definition) is 5. The molecule has 0 radical (unpaired) electrons. The molecule has 0 aliphatic carbocycles. The van der Waals surface area contributed by atoms with Crippen LogP contribution in [0, 0.1) is 5.82 Å². The average Bonchev–Trinajstić information content (AvgIpc) is 2.82. The average molecular weight is 473 g/mol. The Hall–Kier alpha value is -3.11. The predicted octanol–water partition coefficient (Wildman–Crippen LogP) is 3.12. The molecule has 0 unspecified atom stereocenters. The normalized spacial score (nSPS) is 17.5. The second-order valence-electron chi connectivity index (χ2n) is 8.04. The third-order valence-electron chi connectivity index (χ3n) is 5.68. The number of hydrogen-bond donors (Lipinski definition) is 1. The van der Waals surface area contributed by atoms with Gasteiger partial charge in [0.25, 0.3) is 5.91 Å². The highest BCUT2D eigenvalue weighted by Gasteiger charge is 2.30. The number of halogens is 1. The van der Waals surface area contributed by atoms with Gasteiger partial charge in [-0.3, -0.25) is 9.59 Å². The van der Waals surface area contributed by atoms with E-state index in [1.54, 1.807) is 30.3 Å². The lowest BCUT2D eigenvalue weighted by Gasteiger charge is -2.27. The van der Waals surface area contributed by atoms with Crippen molar-refractivity contribution in [3.8, 4) is 0 Å². The third-order valence-corrected chi connectivity index (χ3v) is 7.64. The first-order valence-corrected chi connectivity index (χ1v) is 12.3. The lowest BCUT2D eigenvalue weighted by Crippen LogP contribution is -2.37. The maximum Gasteiger partial charge on any atom is 0.271 e. The van der Waals surface area contributed by atoms with Crippen LogP contribution in [0.2, 0.25) is 0 Å². The smallest absolute Gasteiger partial charge is 0.271 e. The number of rotatable bonds is 6. The lowest BCUT2D eigenvalue weighted by atomic mass is 10.1. The molecule has 2 aliphatic heterocycles. The summed E-state index contributed by atoms with van der Waals surface area (Å²) in [6.45, 7) is 1.02. The van der Waals surface area contributed by atoms with Crippen molar-refractivity contribution in [3.63, 3.8) is 0 Å². The topological polar surface area (TPSA) is 99.2 Å². The van der Waals surface area contributed by atoms with Gasteiger partial charge in [-0.2, -0.15) is 9.41 Å². The van der Waals surface area contributed by atoms with Gasteiger partial charge in [-0.25, -0.2) is 17.8 Å². The molecule has 0 saturated carbocycles. The molecule has 10 heteroatoms. The monoisotopic (exact) mass is 472 g/mol. The van der Waals surface area contributed by atoms with Crippen molar-refractivity contribution < 1.29 is 22.4 Å². The quantitative estimate of drug-likeness (QED) is 0.698. The Balaban J connectivity index is 1.53. The van der Waals surface area contributed by atoms with Gasteiger partial charge in [0.2, 0.25) is 15.9 Å². The first-order chi connectivity index (χ1) is 15.8. The zero-order chi connectivity index (χ0) is 23.4. The van der Waals surface area contributed by atoms with Crippen molar-refractivity contribution in [3.05, 3.63) is 59.9 Å². The van der Waals surface area contributed by atoms with Crippen molar-refractivity contribution in [1.29, 1.82) is 0 Å². The number of benzene rings is 2. The molecular weight excluding hydrogens is 447 g/mol. The molecule has 2 aliphatic rings. The summed E-state index contributed by atoms with van der Waals surface area (Å²) in [5.41, 5.74) is 0.979. The number of carbonyl (C=O) groups excluding carboxylic acids is 2. The standard InChI is InChI=1S/C23H25FN4O4S/c24-18-10-8-17(9-11-18)16-28-22(29)13-12-20(26-28)23(30)25-19-6-2-3-7-21(19)33(31,32)27-14-4-1-5-15-27/h2-3,6-11H,1,4-5,12-16H2,(H,25,30). The Labute approximate surface area is 192 Å². The molecule has 1 fully saturated rings. The molecule has 2 aromatic carbocycles. The van der Waals surface area contributed by atoms with Gasteiger partial charge in [0, 0.05) is 25.9 Å². The number of para-hydroxylation sites is 1. The summed E-state index contributed by atoms with van der Waals surface area (Å²) in [5.74, 6) is -1.19. The predicted molar refractivity (Wildman–Crippen MR) is 121 cm³/mol. The number of anilines is 1. The minimum absolute atomic E-state index is 0.0379. The number of nitrogens with zero attached hydrogens (tertiary/aromatic N) is 3. The van der Waals surface area contributed by atoms with Crippen molar-refractivity contribution in [1.82, 2.24) is 9.31 Å². The largest absolute Gasteiger partial charge is 0.320 e. The van der Waals surface area contributed by atoms with E-state index in [0.717, 1.165) is 19.3 Å². The van der Waals surface area contributed by atoms with Crippen LogP contribution in [0.1, 0.15) is 37.7 Å². The van der Waals surface area contributed by atoms with Crippen molar-refractivity contribution in [2.24, 2.45) is 5.10 Å². The summed E-state index contributed by atoms with van der Waals surface area (Å²) < 4.78 is 40.9. The fraction of sp³-hybridized carbons (Fsp3) is 0.348. The van der Waals surface area contributed by atoms with Crippen LogP contribution in [0.4, 0.5) is 10.1 Å². The molecule has 0 spiro atoms. The van der Waals surface area contributed by atoms with Gasteiger partial charge in [-0.1, -0.05) is 30.7 Å². The number of amides is 2. The molecular formula is C23H25FN4O4S. The SMILES string of the molecule is O=C(Nc1ccccc1S(=O)(=O)N1CCCCC1)C1=NN(Cc2ccc(F)cc2)C(=O)CC1. The minimum Gasteiger partial charge on any atom is -0.320 e. The summed E-state index contributed by atoms with van der Waals surface area (Å²) in [6.07, 6.45) is 2.86. The van der Waals surface area contributed by atoms with Gasteiger partial charge in [-0.05, 0) is 42.7 Å². The van der Waals surface area contributed by atoms with E-state index in [9.17, 15) is 22.4 Å². The molecule has 2 aromatic rings. The van der Waals surface area contributed by atoms with Crippen LogP contribution in [0.15, 0.2) is 58.5 Å². The number of nitrogens with one attached hydrogen (secondary N) is 1. The number of hydrazone groups is 1. The molecule has 2 heterocycles. The zero-order valence-electron chi connectivity index (χ0n) is 18.0. The number of sulfonamides is 1. The first-order valence-electron chi connectivity index (χ1n) is 10.9. The molecule has 0 aromatic heterocycles. The fourth-order valence-electron chi connectivity index (χ4n) is 3.88. The third kappa shape index (κ3) is 5.28. The second-order valence-corrected chi connectivity index (χ2v) is 9.95. The second kappa shape index (κ2) is 9.80. The summed E-state index contributed by atoms with van der Waals surface area (Å²) in [4.78, 5) is 25.3. The van der Waals surface area contributed by atoms with Crippen molar-refractivity contribution in [2.45, 2.75) is 43.5 Å². The van der Waals surface area contributed by atoms with Crippen LogP contribution in [0.3, 0.4) is 0 Å². The molecule has 2 amide bonds. The van der Waals surface area contributed by atoms with E-state index in [4.69, 9.17) is 0 Å². The lowest BCUT2D eigenvalue weighted by molar-refractivity contribution is -0.132. The molecule has 8 nitrogen and oxygen atoms in total. The highest BCUT2D eigenvalue weighted by molar-refractivity contribution is 7.89. The Kier molecular flexibility index (Phi) is 6.85. The Morgan fingerprint density at radius 3 is 2.42 bits per heavy atom. The Morgan fingerprint density at radius 2 is 1.70 bits per heavy atom. The van der Waals surface area contributed by atoms with E-state index in [0.29, 0.717) is 18.7 Å². The summed E-state index contributed by atoms with van der Waals surface area (Å²) in [7, 11) is -3.75. The van der Waals surface area contributed by atoms with Gasteiger partial charge in [-0.15, -0.1) is 0 Å². The fourth-order valence-corrected chi connectivity index (χ4v) is 5.55. The molecule has 33 heavy (non-hydrogen) atoms. The molecule has 0 atom stereocenters. The van der Waals surface area contributed by atoms with Crippen LogP contribution in [0.25, 0.3) is 0 Å². The van der Waals surface area contributed by atoms with Crippen LogP contribution < -0.4 is 5.32 Å². The maximum absolute atomic E-state index is 13.2. The van der Waals surface area contributed by atoms with E-state index in [-0.39, 0.29) is 47.4 Å². The molecule has 0 bridgehead atoms. The van der Waals surface area contributed by atoms with E-state index >= 15 is 0 Å². The van der Waals surface area contributed by atoms with Gasteiger partial charge >= 0.3 is 0 Å². The van der Waals surface area contributed by atoms with E-state index < -0.39 is 15.9 Å². The summed E-state index contributed by atoms with van der Waals surface area (Å²) in [6, 6.07) is 12.0. The number of piperidine rings is 1. The van der Waals surface area contributed by atoms with Crippen LogP contribution in [0.5, 0.6) is 0 Å². The molecule has 4 rings (SSSR count). The van der Waals surface area contributed by atoms with Crippen LogP contribution in [-0.2, 0) is 26.2 Å². The van der Waals surface area contributed by atoms with Crippen molar-refractivity contribution in [2.75, 3.05) is 18.4 Å². The molecule has 1 saturated heterocycles. The zero-order valence-corrected chi connectivity index (χ0v) is 18.9. The van der Waals surface area contributed by atoms with Gasteiger partial charge in [0.15, 0.2) is 0 Å². The maximum atomic E-state index is 13.2. The summed E-state index contributed by atoms with van der Waals surface area (Å²) in [5, 5.41) is 8.04. The highest BCUT2D eigenvalue weighted by atomic mass is 32.2. The van der Waals surface area contributed by atoms with Gasteiger partial charge in [0.1, 0.15) is 16.4 Å². The van der Waals surface area contributed by atoms with Crippen LogP contribution in [-0.4, -0.2) is 48.3 Å². The molecule has 1 N–H and O–H groups in total. The van der Waals surface area contributed by atoms with E-state index in [1.165, 1.54) is 27.5 Å². The van der Waals surface area contributed by atoms with E-state index in [1.807, 2.05) is 0 Å². The molecule has 174 valence electrons. The van der Waals surface area contributed by atoms with Gasteiger partial charge in [0.05, 0.1) is 12.2 Å². The van der Waals surface area contributed by atoms with Crippen molar-refractivity contribution >= 4 is 33.2 Å². The first kappa shape index (κ1) is 23.1.